The van der Waals surface area contributed by atoms with Gasteiger partial charge in [0, 0.05) is 36.1 Å². The van der Waals surface area contributed by atoms with Crippen LogP contribution in [0.4, 0.5) is 0 Å². The van der Waals surface area contributed by atoms with Gasteiger partial charge in [-0.2, -0.15) is 0 Å². The molecule has 5 nitrogen and oxygen atoms in total. The van der Waals surface area contributed by atoms with Gasteiger partial charge in [0.1, 0.15) is 10.7 Å². The van der Waals surface area contributed by atoms with Gasteiger partial charge < -0.3 is 5.32 Å². The lowest BCUT2D eigenvalue weighted by molar-refractivity contribution is 0.0950. The molecule has 0 saturated heterocycles. The van der Waals surface area contributed by atoms with E-state index in [9.17, 15) is 4.79 Å². The Labute approximate surface area is 144 Å². The largest absolute Gasteiger partial charge is 0.350 e. The van der Waals surface area contributed by atoms with Gasteiger partial charge in [-0.3, -0.25) is 9.20 Å². The lowest BCUT2D eigenvalue weighted by Crippen LogP contribution is -2.26. The molecule has 4 aromatic heterocycles. The van der Waals surface area contributed by atoms with Gasteiger partial charge in [0.25, 0.3) is 5.91 Å². The van der Waals surface area contributed by atoms with Gasteiger partial charge in [-0.25, -0.2) is 9.97 Å². The molecule has 0 fully saturated rings. The van der Waals surface area contributed by atoms with Crippen molar-refractivity contribution in [2.45, 2.75) is 6.42 Å². The first-order valence-corrected chi connectivity index (χ1v) is 9.62. The quantitative estimate of drug-likeness (QED) is 0.592. The van der Waals surface area contributed by atoms with Gasteiger partial charge in [0.05, 0.1) is 10.6 Å². The Morgan fingerprint density at radius 2 is 2.17 bits per heavy atom. The van der Waals surface area contributed by atoms with Crippen molar-refractivity contribution in [1.29, 1.82) is 0 Å². The summed E-state index contributed by atoms with van der Waals surface area (Å²) in [6.45, 7) is 0.551. The van der Waals surface area contributed by atoms with Crippen LogP contribution < -0.4 is 5.32 Å². The fourth-order valence-corrected chi connectivity index (χ4v) is 4.52. The molecule has 4 rings (SSSR count). The number of aromatic nitrogens is 3. The first-order valence-electron chi connectivity index (χ1n) is 6.98. The van der Waals surface area contributed by atoms with E-state index in [1.807, 2.05) is 39.7 Å². The highest BCUT2D eigenvalue weighted by Crippen LogP contribution is 2.27. The molecular formula is C15H12N4OS3. The van der Waals surface area contributed by atoms with Crippen LogP contribution in [-0.2, 0) is 6.42 Å². The van der Waals surface area contributed by atoms with Crippen LogP contribution in [0, 0.1) is 0 Å². The van der Waals surface area contributed by atoms with Gasteiger partial charge in [0.2, 0.25) is 0 Å². The van der Waals surface area contributed by atoms with Crippen molar-refractivity contribution >= 4 is 44.9 Å². The zero-order valence-electron chi connectivity index (χ0n) is 11.9. The second kappa shape index (κ2) is 6.23. The molecule has 4 aromatic rings. The van der Waals surface area contributed by atoms with Crippen LogP contribution in [0.1, 0.15) is 16.2 Å². The van der Waals surface area contributed by atoms with Crippen molar-refractivity contribution in [1.82, 2.24) is 19.7 Å². The third-order valence-corrected chi connectivity index (χ3v) is 5.93. The van der Waals surface area contributed by atoms with E-state index < -0.39 is 0 Å². The summed E-state index contributed by atoms with van der Waals surface area (Å²) in [6, 6.07) is 3.99. The SMILES string of the molecule is O=C(NCCc1cn2ccsc2n1)c1csc(-c2cccs2)n1. The summed E-state index contributed by atoms with van der Waals surface area (Å²) in [5, 5.41) is 9.60. The summed E-state index contributed by atoms with van der Waals surface area (Å²) in [6.07, 6.45) is 4.69. The Morgan fingerprint density at radius 3 is 3.00 bits per heavy atom. The maximum Gasteiger partial charge on any atom is 0.270 e. The maximum atomic E-state index is 12.2. The van der Waals surface area contributed by atoms with E-state index >= 15 is 0 Å². The van der Waals surface area contributed by atoms with E-state index in [1.165, 1.54) is 11.3 Å². The van der Waals surface area contributed by atoms with Crippen LogP contribution >= 0.6 is 34.0 Å². The lowest BCUT2D eigenvalue weighted by Gasteiger charge is -2.00. The molecule has 4 heterocycles. The number of nitrogens with one attached hydrogen (secondary N) is 1. The molecule has 8 heteroatoms. The van der Waals surface area contributed by atoms with Gasteiger partial charge in [-0.1, -0.05) is 6.07 Å². The summed E-state index contributed by atoms with van der Waals surface area (Å²) in [7, 11) is 0. The van der Waals surface area contributed by atoms with Gasteiger partial charge in [0.15, 0.2) is 4.96 Å². The molecule has 0 atom stereocenters. The number of thiazole rings is 2. The number of carbonyl (C=O) groups excluding carboxylic acids is 1. The molecular weight excluding hydrogens is 348 g/mol. The predicted molar refractivity (Wildman–Crippen MR) is 94.5 cm³/mol. The fraction of sp³-hybridized carbons (Fsp3) is 0.133. The number of imidazole rings is 1. The molecule has 1 N–H and O–H groups in total. The number of hydrogen-bond acceptors (Lipinski definition) is 6. The third kappa shape index (κ3) is 3.05. The van der Waals surface area contributed by atoms with Crippen LogP contribution in [0.2, 0.25) is 0 Å². The molecule has 0 aliphatic heterocycles. The summed E-state index contributed by atoms with van der Waals surface area (Å²) < 4.78 is 2.00. The zero-order valence-corrected chi connectivity index (χ0v) is 14.4. The van der Waals surface area contributed by atoms with E-state index in [4.69, 9.17) is 0 Å². The van der Waals surface area contributed by atoms with Crippen LogP contribution in [0.3, 0.4) is 0 Å². The Balaban J connectivity index is 1.35. The van der Waals surface area contributed by atoms with Crippen molar-refractivity contribution in [3.8, 4) is 9.88 Å². The number of nitrogens with zero attached hydrogens (tertiary/aromatic N) is 3. The topological polar surface area (TPSA) is 59.3 Å². The Bertz CT molecular complexity index is 907. The average Bonchev–Trinajstić information content (AvgIpc) is 3.29. The van der Waals surface area contributed by atoms with E-state index in [-0.39, 0.29) is 5.91 Å². The van der Waals surface area contributed by atoms with Gasteiger partial charge in [-0.05, 0) is 11.4 Å². The molecule has 0 bridgehead atoms. The summed E-state index contributed by atoms with van der Waals surface area (Å²) in [4.78, 5) is 23.1. The highest BCUT2D eigenvalue weighted by Gasteiger charge is 2.12. The molecule has 0 radical (unpaired) electrons. The van der Waals surface area contributed by atoms with Gasteiger partial charge >= 0.3 is 0 Å². The summed E-state index contributed by atoms with van der Waals surface area (Å²) >= 11 is 4.72. The second-order valence-electron chi connectivity index (χ2n) is 4.85. The second-order valence-corrected chi connectivity index (χ2v) is 7.53. The lowest BCUT2D eigenvalue weighted by atomic mass is 10.3. The fourth-order valence-electron chi connectivity index (χ4n) is 2.18. The van der Waals surface area contributed by atoms with Crippen molar-refractivity contribution in [3.05, 3.63) is 52.1 Å². The first-order chi connectivity index (χ1) is 11.3. The molecule has 0 unspecified atom stereocenters. The molecule has 0 saturated carbocycles. The number of carbonyl (C=O) groups is 1. The molecule has 0 spiro atoms. The smallest absolute Gasteiger partial charge is 0.270 e. The highest BCUT2D eigenvalue weighted by molar-refractivity contribution is 7.20. The maximum absolute atomic E-state index is 12.2. The zero-order chi connectivity index (χ0) is 15.6. The summed E-state index contributed by atoms with van der Waals surface area (Å²) in [5.74, 6) is -0.134. The first kappa shape index (κ1) is 14.6. The Morgan fingerprint density at radius 1 is 1.22 bits per heavy atom. The van der Waals surface area contributed by atoms with E-state index in [0.29, 0.717) is 18.7 Å². The van der Waals surface area contributed by atoms with Crippen LogP contribution in [0.25, 0.3) is 14.8 Å². The standard InChI is InChI=1S/C15H12N4OS3/c20-13(11-9-23-14(18-11)12-2-1-6-21-12)16-4-3-10-8-19-5-7-22-15(19)17-10/h1-2,5-9H,3-4H2,(H,16,20). The van der Waals surface area contributed by atoms with Crippen molar-refractivity contribution < 1.29 is 4.79 Å². The molecule has 23 heavy (non-hydrogen) atoms. The third-order valence-electron chi connectivity index (χ3n) is 3.28. The average molecular weight is 360 g/mol. The molecule has 0 aliphatic rings. The number of rotatable bonds is 5. The highest BCUT2D eigenvalue weighted by atomic mass is 32.1. The van der Waals surface area contributed by atoms with Crippen molar-refractivity contribution in [2.24, 2.45) is 0 Å². The van der Waals surface area contributed by atoms with E-state index in [0.717, 1.165) is 20.5 Å². The summed E-state index contributed by atoms with van der Waals surface area (Å²) in [5.41, 5.74) is 1.46. The van der Waals surface area contributed by atoms with Crippen LogP contribution in [0.5, 0.6) is 0 Å². The van der Waals surface area contributed by atoms with Crippen molar-refractivity contribution in [2.75, 3.05) is 6.54 Å². The van der Waals surface area contributed by atoms with E-state index in [2.05, 4.69) is 15.3 Å². The monoisotopic (exact) mass is 360 g/mol. The van der Waals surface area contributed by atoms with Crippen LogP contribution in [-0.4, -0.2) is 26.8 Å². The van der Waals surface area contributed by atoms with Crippen molar-refractivity contribution in [3.63, 3.8) is 0 Å². The van der Waals surface area contributed by atoms with Crippen LogP contribution in [0.15, 0.2) is 40.7 Å². The minimum absolute atomic E-state index is 0.134. The Hall–Kier alpha value is -2.03. The number of amides is 1. The van der Waals surface area contributed by atoms with E-state index in [1.54, 1.807) is 28.1 Å². The molecule has 1 amide bonds. The molecule has 0 aliphatic carbocycles. The molecule has 0 aromatic carbocycles. The Kier molecular flexibility index (Phi) is 3.94. The number of fused-ring (bicyclic) bond motifs is 1. The minimum Gasteiger partial charge on any atom is -0.350 e. The van der Waals surface area contributed by atoms with Gasteiger partial charge in [-0.15, -0.1) is 34.0 Å². The minimum atomic E-state index is -0.134. The number of hydrogen-bond donors (Lipinski definition) is 1. The predicted octanol–water partition coefficient (Wildman–Crippen LogP) is 3.55. The normalized spacial score (nSPS) is 11.1. The molecule has 116 valence electrons. The number of thiophene rings is 1.